The summed E-state index contributed by atoms with van der Waals surface area (Å²) < 4.78 is 20.4. The normalized spacial score (nSPS) is 12.2. The minimum absolute atomic E-state index is 0.118. The van der Waals surface area contributed by atoms with Crippen molar-refractivity contribution in [1.29, 1.82) is 0 Å². The molecule has 0 radical (unpaired) electrons. The Bertz CT molecular complexity index is 496. The van der Waals surface area contributed by atoms with Crippen molar-refractivity contribution in [2.45, 2.75) is 20.0 Å². The van der Waals surface area contributed by atoms with Crippen LogP contribution in [-0.4, -0.2) is 31.8 Å². The fraction of sp³-hybridized carbons (Fsp3) is 0.429. The topological polar surface area (TPSA) is 71.1 Å². The molecule has 0 amide bonds. The van der Waals surface area contributed by atoms with Gasteiger partial charge in [0.2, 0.25) is 6.79 Å². The molecule has 20 heavy (non-hydrogen) atoms. The summed E-state index contributed by atoms with van der Waals surface area (Å²) in [6.45, 7) is 2.33. The number of carbonyl (C=O) groups excluding carboxylic acids is 2. The molecule has 0 atom stereocenters. The molecule has 1 aromatic carbocycles. The molecular formula is C14H16O6. The number of esters is 1. The lowest BCUT2D eigenvalue weighted by Gasteiger charge is -2.05. The third-order valence-electron chi connectivity index (χ3n) is 2.62. The number of fused-ring (bicyclic) bond motifs is 1. The van der Waals surface area contributed by atoms with E-state index >= 15 is 0 Å². The van der Waals surface area contributed by atoms with Gasteiger partial charge in [-0.25, -0.2) is 0 Å². The highest BCUT2D eigenvalue weighted by atomic mass is 16.7. The molecule has 1 aliphatic heterocycles. The van der Waals surface area contributed by atoms with Gasteiger partial charge >= 0.3 is 5.97 Å². The van der Waals surface area contributed by atoms with E-state index in [1.165, 1.54) is 0 Å². The van der Waals surface area contributed by atoms with Crippen molar-refractivity contribution in [2.75, 3.05) is 20.0 Å². The van der Waals surface area contributed by atoms with Crippen LogP contribution in [0.4, 0.5) is 0 Å². The van der Waals surface area contributed by atoms with Gasteiger partial charge in [-0.1, -0.05) is 6.07 Å². The third kappa shape index (κ3) is 3.96. The summed E-state index contributed by atoms with van der Waals surface area (Å²) in [4.78, 5) is 22.5. The van der Waals surface area contributed by atoms with Crippen LogP contribution < -0.4 is 9.47 Å². The molecule has 0 N–H and O–H groups in total. The molecule has 0 saturated carbocycles. The van der Waals surface area contributed by atoms with Gasteiger partial charge in [-0.3, -0.25) is 9.59 Å². The first-order chi connectivity index (χ1) is 9.69. The summed E-state index contributed by atoms with van der Waals surface area (Å²) in [6.07, 6.45) is -0.255. The SMILES string of the molecule is CCOC(=O)CC(=O)COCc1ccc2c(c1)OCO2. The van der Waals surface area contributed by atoms with Gasteiger partial charge in [0.25, 0.3) is 0 Å². The van der Waals surface area contributed by atoms with Crippen LogP contribution in [0, 0.1) is 0 Å². The molecule has 0 spiro atoms. The smallest absolute Gasteiger partial charge is 0.313 e. The fourth-order valence-corrected chi connectivity index (χ4v) is 1.74. The largest absolute Gasteiger partial charge is 0.466 e. The average molecular weight is 280 g/mol. The van der Waals surface area contributed by atoms with Gasteiger partial charge in [-0.05, 0) is 24.6 Å². The van der Waals surface area contributed by atoms with Gasteiger partial charge in [0.05, 0.1) is 13.2 Å². The predicted octanol–water partition coefficient (Wildman–Crippen LogP) is 1.45. The predicted molar refractivity (Wildman–Crippen MR) is 68.5 cm³/mol. The summed E-state index contributed by atoms with van der Waals surface area (Å²) in [5.41, 5.74) is 0.873. The molecule has 2 rings (SSSR count). The zero-order chi connectivity index (χ0) is 14.4. The Kier molecular flexibility index (Phi) is 4.95. The summed E-state index contributed by atoms with van der Waals surface area (Å²) >= 11 is 0. The molecular weight excluding hydrogens is 264 g/mol. The second-order valence-corrected chi connectivity index (χ2v) is 4.20. The molecule has 6 nitrogen and oxygen atoms in total. The summed E-state index contributed by atoms with van der Waals surface area (Å²) in [7, 11) is 0. The molecule has 108 valence electrons. The van der Waals surface area contributed by atoms with Crippen LogP contribution in [0.25, 0.3) is 0 Å². The highest BCUT2D eigenvalue weighted by molar-refractivity contribution is 5.96. The van der Waals surface area contributed by atoms with Gasteiger partial charge in [0.15, 0.2) is 17.3 Å². The van der Waals surface area contributed by atoms with Crippen LogP contribution in [0.15, 0.2) is 18.2 Å². The van der Waals surface area contributed by atoms with Crippen molar-refractivity contribution in [1.82, 2.24) is 0 Å². The van der Waals surface area contributed by atoms with Gasteiger partial charge in [0, 0.05) is 0 Å². The molecule has 0 bridgehead atoms. The van der Waals surface area contributed by atoms with Crippen LogP contribution in [0.3, 0.4) is 0 Å². The molecule has 1 aliphatic rings. The van der Waals surface area contributed by atoms with E-state index < -0.39 is 5.97 Å². The molecule has 0 saturated heterocycles. The van der Waals surface area contributed by atoms with Crippen molar-refractivity contribution in [3.63, 3.8) is 0 Å². The quantitative estimate of drug-likeness (QED) is 0.556. The third-order valence-corrected chi connectivity index (χ3v) is 2.62. The molecule has 1 aromatic rings. The van der Waals surface area contributed by atoms with Crippen molar-refractivity contribution < 1.29 is 28.5 Å². The number of hydrogen-bond donors (Lipinski definition) is 0. The van der Waals surface area contributed by atoms with Crippen LogP contribution in [0.5, 0.6) is 11.5 Å². The summed E-state index contributed by atoms with van der Waals surface area (Å²) in [5.74, 6) is 0.546. The Hall–Kier alpha value is -2.08. The Morgan fingerprint density at radius 2 is 2.05 bits per heavy atom. The molecule has 6 heteroatoms. The molecule has 0 aliphatic carbocycles. The van der Waals surface area contributed by atoms with E-state index in [1.807, 2.05) is 6.07 Å². The van der Waals surface area contributed by atoms with Crippen LogP contribution in [0.1, 0.15) is 18.9 Å². The second kappa shape index (κ2) is 6.91. The van der Waals surface area contributed by atoms with Gasteiger partial charge < -0.3 is 18.9 Å². The lowest BCUT2D eigenvalue weighted by molar-refractivity contribution is -0.146. The lowest BCUT2D eigenvalue weighted by Crippen LogP contribution is -2.15. The van der Waals surface area contributed by atoms with Crippen LogP contribution >= 0.6 is 0 Å². The molecule has 0 unspecified atom stereocenters. The number of ether oxygens (including phenoxy) is 4. The number of carbonyl (C=O) groups is 2. The van der Waals surface area contributed by atoms with E-state index in [9.17, 15) is 9.59 Å². The highest BCUT2D eigenvalue weighted by Crippen LogP contribution is 2.32. The van der Waals surface area contributed by atoms with Crippen LogP contribution in [0.2, 0.25) is 0 Å². The van der Waals surface area contributed by atoms with Crippen LogP contribution in [-0.2, 0) is 25.7 Å². The first kappa shape index (κ1) is 14.3. The first-order valence-corrected chi connectivity index (χ1v) is 6.32. The maximum atomic E-state index is 11.4. The van der Waals surface area contributed by atoms with Gasteiger partial charge in [0.1, 0.15) is 13.0 Å². The molecule has 0 aromatic heterocycles. The Morgan fingerprint density at radius 1 is 1.25 bits per heavy atom. The number of rotatable bonds is 7. The summed E-state index contributed by atoms with van der Waals surface area (Å²) in [5, 5.41) is 0. The van der Waals surface area contributed by atoms with Gasteiger partial charge in [-0.15, -0.1) is 0 Å². The zero-order valence-electron chi connectivity index (χ0n) is 11.2. The second-order valence-electron chi connectivity index (χ2n) is 4.20. The number of Topliss-reactive ketones (excluding diaryl/α,β-unsaturated/α-hetero) is 1. The Labute approximate surface area is 116 Å². The molecule has 0 fully saturated rings. The Balaban J connectivity index is 1.73. The zero-order valence-corrected chi connectivity index (χ0v) is 11.2. The average Bonchev–Trinajstić information content (AvgIpc) is 2.86. The fourth-order valence-electron chi connectivity index (χ4n) is 1.74. The Morgan fingerprint density at radius 3 is 2.85 bits per heavy atom. The lowest BCUT2D eigenvalue weighted by atomic mass is 10.2. The molecule has 1 heterocycles. The van der Waals surface area contributed by atoms with Crippen molar-refractivity contribution in [3.05, 3.63) is 23.8 Å². The maximum absolute atomic E-state index is 11.4. The maximum Gasteiger partial charge on any atom is 0.313 e. The first-order valence-electron chi connectivity index (χ1n) is 6.32. The van der Waals surface area contributed by atoms with E-state index in [2.05, 4.69) is 4.74 Å². The van der Waals surface area contributed by atoms with Crippen molar-refractivity contribution >= 4 is 11.8 Å². The van der Waals surface area contributed by atoms with E-state index in [-0.39, 0.29) is 38.8 Å². The minimum atomic E-state index is -0.524. The van der Waals surface area contributed by atoms with E-state index in [4.69, 9.17) is 14.2 Å². The van der Waals surface area contributed by atoms with Crippen molar-refractivity contribution in [3.8, 4) is 11.5 Å². The number of hydrogen-bond acceptors (Lipinski definition) is 6. The number of benzene rings is 1. The van der Waals surface area contributed by atoms with Gasteiger partial charge in [-0.2, -0.15) is 0 Å². The minimum Gasteiger partial charge on any atom is -0.466 e. The standard InChI is InChI=1S/C14H16O6/c1-2-18-14(16)6-11(15)8-17-7-10-3-4-12-13(5-10)20-9-19-12/h3-5H,2,6-9H2,1H3. The monoisotopic (exact) mass is 280 g/mol. The van der Waals surface area contributed by atoms with E-state index in [1.54, 1.807) is 19.1 Å². The highest BCUT2D eigenvalue weighted by Gasteiger charge is 2.14. The van der Waals surface area contributed by atoms with E-state index in [0.29, 0.717) is 11.5 Å². The number of ketones is 1. The van der Waals surface area contributed by atoms with Crippen molar-refractivity contribution in [2.24, 2.45) is 0 Å². The van der Waals surface area contributed by atoms with E-state index in [0.717, 1.165) is 5.56 Å². The summed E-state index contributed by atoms with van der Waals surface area (Å²) in [6, 6.07) is 5.43.